The Kier molecular flexibility index (Phi) is 20.0. The molecular weight excluding hydrogens is 1160 g/mol. The smallest absolute Gasteiger partial charge is 0.410 e. The zero-order chi connectivity index (χ0) is 64.2. The van der Waals surface area contributed by atoms with Crippen LogP contribution in [0.2, 0.25) is 0 Å². The number of terminal acetylenes is 1. The molecule has 2 aromatic heterocycles. The average Bonchev–Trinajstić information content (AvgIpc) is 0.914. The van der Waals surface area contributed by atoms with Crippen molar-refractivity contribution in [3.8, 4) is 35.4 Å². The van der Waals surface area contributed by atoms with Crippen molar-refractivity contribution in [2.75, 3.05) is 82.8 Å². The van der Waals surface area contributed by atoms with E-state index in [1.807, 2.05) is 82.5 Å². The van der Waals surface area contributed by atoms with Crippen LogP contribution in [0.5, 0.6) is 11.8 Å². The van der Waals surface area contributed by atoms with Crippen molar-refractivity contribution in [3.63, 3.8) is 0 Å². The number of nitrogens with one attached hydrogen (secondary N) is 2. The van der Waals surface area contributed by atoms with Gasteiger partial charge in [-0.15, -0.1) is 6.42 Å². The number of aliphatic hydroxyl groups excluding tert-OH is 1. The van der Waals surface area contributed by atoms with E-state index in [0.29, 0.717) is 55.0 Å². The first-order chi connectivity index (χ1) is 43.0. The second-order valence-electron chi connectivity index (χ2n) is 26.3. The minimum atomic E-state index is -0.994. The first kappa shape index (κ1) is 65.0. The molecule has 0 spiro atoms. The third-order valence-electron chi connectivity index (χ3n) is 17.7. The molecule has 5 fully saturated rings. The number of hydrogen-bond donors (Lipinski definition) is 3. The van der Waals surface area contributed by atoms with Gasteiger partial charge in [0.2, 0.25) is 17.7 Å². The van der Waals surface area contributed by atoms with Gasteiger partial charge in [0.05, 0.1) is 41.8 Å². The number of carbonyl (C=O) groups excluding carboxylic acids is 4. The van der Waals surface area contributed by atoms with Crippen LogP contribution in [0.1, 0.15) is 123 Å². The number of aromatic nitrogens is 3. The van der Waals surface area contributed by atoms with E-state index < -0.39 is 58.7 Å². The van der Waals surface area contributed by atoms with Gasteiger partial charge in [-0.2, -0.15) is 9.97 Å². The molecule has 7 heterocycles. The molecule has 8 atom stereocenters. The summed E-state index contributed by atoms with van der Waals surface area (Å²) in [7, 11) is 1.47. The number of rotatable bonds is 21. The van der Waals surface area contributed by atoms with Gasteiger partial charge >= 0.3 is 12.1 Å². The van der Waals surface area contributed by atoms with Gasteiger partial charge in [-0.05, 0) is 119 Å². The second-order valence-corrected chi connectivity index (χ2v) is 26.3. The highest BCUT2D eigenvalue weighted by Crippen LogP contribution is 2.41. The Labute approximate surface area is 524 Å². The lowest BCUT2D eigenvalue weighted by atomic mass is 9.85. The van der Waals surface area contributed by atoms with E-state index in [0.717, 1.165) is 62.9 Å². The van der Waals surface area contributed by atoms with E-state index in [2.05, 4.69) is 36.2 Å². The predicted molar refractivity (Wildman–Crippen MR) is 335 cm³/mol. The summed E-state index contributed by atoms with van der Waals surface area (Å²) in [5.74, 6) is 0.430. The van der Waals surface area contributed by atoms with E-state index in [9.17, 15) is 24.3 Å². The van der Waals surface area contributed by atoms with Gasteiger partial charge in [-0.1, -0.05) is 44.9 Å². The van der Waals surface area contributed by atoms with E-state index in [4.69, 9.17) is 46.6 Å². The van der Waals surface area contributed by atoms with Gasteiger partial charge in [0, 0.05) is 94.6 Å². The van der Waals surface area contributed by atoms with Gasteiger partial charge in [0.25, 0.3) is 6.17 Å². The molecule has 3 aromatic carbocycles. The van der Waals surface area contributed by atoms with Crippen LogP contribution in [-0.2, 0) is 28.6 Å². The van der Waals surface area contributed by atoms with Gasteiger partial charge < -0.3 is 54.1 Å². The fraction of sp³-hybridized carbons (Fsp3) is 0.552. The van der Waals surface area contributed by atoms with Gasteiger partial charge in [0.15, 0.2) is 12.6 Å². The van der Waals surface area contributed by atoms with Crippen LogP contribution in [-0.4, -0.2) is 180 Å². The summed E-state index contributed by atoms with van der Waals surface area (Å²) in [5, 5.41) is 17.8. The molecule has 0 radical (unpaired) electrons. The third-order valence-corrected chi connectivity index (χ3v) is 17.7. The number of halogens is 2. The molecule has 0 saturated carbocycles. The zero-order valence-corrected chi connectivity index (χ0v) is 52.7. The first-order valence-electron chi connectivity index (χ1n) is 31.3. The van der Waals surface area contributed by atoms with Crippen molar-refractivity contribution < 1.29 is 56.7 Å². The number of hydrogen-bond acceptors (Lipinski definition) is 16. The Bertz CT molecular complexity index is 3540. The Hall–Kier alpha value is -7.96. The largest absolute Gasteiger partial charge is 0.468 e. The average molecular weight is 1240 g/mol. The molecule has 10 rings (SSSR count). The molecule has 3 N–H and O–H groups in total. The Morgan fingerprint density at radius 1 is 0.922 bits per heavy atom. The molecule has 2 unspecified atom stereocenters. The highest BCUT2D eigenvalue weighted by molar-refractivity contribution is 6.03. The normalized spacial score (nSPS) is 21.7. The molecular formula is C67H83F2N11O10. The number of methoxy groups -OCH3 is 1. The number of carbonyl (C=O) groups is 4. The summed E-state index contributed by atoms with van der Waals surface area (Å²) in [4.78, 5) is 82.9. The number of benzene rings is 3. The van der Waals surface area contributed by atoms with Crippen molar-refractivity contribution in [3.05, 3.63) is 88.9 Å². The van der Waals surface area contributed by atoms with Crippen LogP contribution in [0.4, 0.5) is 25.1 Å². The standard InChI is InChI=1S/C67H83F2N11O10/c1-11-49-52(68)24-19-42-31-48(89-39-86-10)33-50(56(42)49)58-57(69)59-51(34-71-58)61(77-35-44-22-23-45(36-77)80(44)65(85)90-67(6,7)8)75-64(74-59)88-38-46-15-12-26-76(46)27-14-29-87-30-25-55(82)73-60(66(3,4)5)63(84)79-37-47(81)32-53(79)62(83)72-40(2)41-17-20-43(21-18-41)78-28-13-16-54(78)70-9/h1,17-21,24,31,33-34,40,44-47,53-54,60,81H,12-16,22-23,25-30,32,35-39H2,2-8,10H3,(H,72,83)(H,73,82)/t40-,44?,45?,46-,47+,53-,54-,60+/m0/s1. The van der Waals surface area contributed by atoms with Gasteiger partial charge in [0.1, 0.15) is 52.9 Å². The lowest BCUT2D eigenvalue weighted by molar-refractivity contribution is -0.144. The maximum atomic E-state index is 17.7. The number of nitrogens with zero attached hydrogens (tertiary/aromatic N) is 9. The van der Waals surface area contributed by atoms with Crippen LogP contribution < -0.4 is 29.9 Å². The molecule has 480 valence electrons. The summed E-state index contributed by atoms with van der Waals surface area (Å²) in [6.45, 7) is 24.0. The van der Waals surface area contributed by atoms with E-state index >= 15 is 8.78 Å². The van der Waals surface area contributed by atoms with Crippen LogP contribution in [0.15, 0.2) is 54.7 Å². The topological polar surface area (TPSA) is 218 Å². The number of β-amino-alcohol motifs (C(OH)–C–C–N with tert-alkyl or cyclic N) is 1. The summed E-state index contributed by atoms with van der Waals surface area (Å²) >= 11 is 0. The van der Waals surface area contributed by atoms with E-state index in [-0.39, 0.29) is 109 Å². The molecule has 21 nitrogen and oxygen atoms in total. The number of aliphatic hydroxyl groups is 1. The van der Waals surface area contributed by atoms with E-state index in [1.165, 1.54) is 30.3 Å². The van der Waals surface area contributed by atoms with Crippen molar-refractivity contribution >= 4 is 57.0 Å². The van der Waals surface area contributed by atoms with Crippen molar-refractivity contribution in [1.82, 2.24) is 40.3 Å². The molecule has 4 amide bonds. The quantitative estimate of drug-likeness (QED) is 0.0271. The molecule has 90 heavy (non-hydrogen) atoms. The monoisotopic (exact) mass is 1240 g/mol. The molecule has 5 aliphatic rings. The number of anilines is 2. The minimum absolute atomic E-state index is 0.0118. The lowest BCUT2D eigenvalue weighted by Crippen LogP contribution is -2.58. The fourth-order valence-electron chi connectivity index (χ4n) is 13.2. The predicted octanol–water partition coefficient (Wildman–Crippen LogP) is 8.53. The fourth-order valence-corrected chi connectivity index (χ4v) is 13.2. The summed E-state index contributed by atoms with van der Waals surface area (Å²) in [6.07, 6.45) is 11.6. The zero-order valence-electron chi connectivity index (χ0n) is 52.7. The molecule has 23 heteroatoms. The number of pyridine rings is 1. The van der Waals surface area contributed by atoms with E-state index in [1.54, 1.807) is 12.1 Å². The van der Waals surface area contributed by atoms with Gasteiger partial charge in [-0.3, -0.25) is 34.0 Å². The Balaban J connectivity index is 0.769. The second kappa shape index (κ2) is 27.6. The Morgan fingerprint density at radius 3 is 2.37 bits per heavy atom. The Morgan fingerprint density at radius 2 is 1.67 bits per heavy atom. The minimum Gasteiger partial charge on any atom is -0.468 e. The summed E-state index contributed by atoms with van der Waals surface area (Å²) < 4.78 is 62.3. The number of piperazine rings is 1. The van der Waals surface area contributed by atoms with Crippen LogP contribution in [0.3, 0.4) is 0 Å². The third kappa shape index (κ3) is 14.4. The number of likely N-dealkylation sites (tertiary alicyclic amines) is 2. The number of fused-ring (bicyclic) bond motifs is 4. The maximum Gasteiger partial charge on any atom is 0.410 e. The van der Waals surface area contributed by atoms with Crippen LogP contribution in [0, 0.1) is 36.0 Å². The van der Waals surface area contributed by atoms with Crippen molar-refractivity contribution in [2.45, 2.75) is 160 Å². The van der Waals surface area contributed by atoms with Gasteiger partial charge in [-0.25, -0.2) is 20.1 Å². The highest BCUT2D eigenvalue weighted by Gasteiger charge is 2.47. The lowest BCUT2D eigenvalue weighted by Gasteiger charge is -2.42. The number of amides is 4. The SMILES string of the molecule is [C-]#[N+][C@@H]1CCCN1c1ccc([C@H](C)NC(=O)[C@@H]2C[C@@H](O)CN2C(=O)[C@@H](NC(=O)CCOCCCN2CCC[C@H]2COc2nc(N3CC4CCC(C3)N4C(=O)OC(C)(C)C)c3cnc(-c4cc(OCOC)cc5ccc(F)c(C#C)c45)c(F)c3n2)C(C)(C)C)cc1. The van der Waals surface area contributed by atoms with Crippen molar-refractivity contribution in [1.29, 1.82) is 0 Å². The first-order valence-corrected chi connectivity index (χ1v) is 31.3. The highest BCUT2D eigenvalue weighted by atomic mass is 19.1. The maximum absolute atomic E-state index is 17.7. The number of ether oxygens (including phenoxy) is 5. The summed E-state index contributed by atoms with van der Waals surface area (Å²) in [6, 6.07) is 10.9. The van der Waals surface area contributed by atoms with Crippen LogP contribution >= 0.6 is 0 Å². The molecule has 5 aromatic rings. The molecule has 5 saturated heterocycles. The van der Waals surface area contributed by atoms with Crippen LogP contribution in [0.25, 0.3) is 37.8 Å². The molecule has 5 aliphatic heterocycles. The summed E-state index contributed by atoms with van der Waals surface area (Å²) in [5.41, 5.74) is 0.278. The van der Waals surface area contributed by atoms with Crippen molar-refractivity contribution in [2.24, 2.45) is 5.41 Å². The molecule has 0 aliphatic carbocycles. The molecule has 2 bridgehead atoms.